The van der Waals surface area contributed by atoms with Crippen LogP contribution in [0.5, 0.6) is 11.5 Å². The molecular weight excluding hydrogens is 1930 g/mol. The summed E-state index contributed by atoms with van der Waals surface area (Å²) in [6.45, 7) is 13.4. The van der Waals surface area contributed by atoms with Crippen LogP contribution in [0.2, 0.25) is 0 Å². The Hall–Kier alpha value is -12.9. The molecule has 4 aromatic carbocycles. The van der Waals surface area contributed by atoms with E-state index in [1.54, 1.807) is 14.2 Å². The number of ether oxygens (including phenoxy) is 20. The maximum atomic E-state index is 14.3. The van der Waals surface area contributed by atoms with Gasteiger partial charge in [-0.1, -0.05) is 101 Å². The van der Waals surface area contributed by atoms with Crippen molar-refractivity contribution in [2.45, 2.75) is 227 Å². The van der Waals surface area contributed by atoms with Gasteiger partial charge in [0, 0.05) is 148 Å². The van der Waals surface area contributed by atoms with Crippen LogP contribution in [0, 0.1) is 10.8 Å². The predicted octanol–water partition coefficient (Wildman–Crippen LogP) is 5.33. The number of hydrogen-bond acceptors (Lipinski definition) is 37. The first kappa shape index (κ1) is 121. The average Bonchev–Trinajstić information content (AvgIpc) is 1.57. The summed E-state index contributed by atoms with van der Waals surface area (Å²) in [7, 11) is 3.20. The summed E-state index contributed by atoms with van der Waals surface area (Å²) < 4.78 is 113. The molecule has 45 nitrogen and oxygen atoms in total. The zero-order chi connectivity index (χ0) is 107. The highest BCUT2D eigenvalue weighted by Gasteiger charge is 2.57. The smallest absolute Gasteiger partial charge is 0.306 e. The number of benzene rings is 4. The molecule has 0 aliphatic carbocycles. The molecule has 3 aliphatic heterocycles. The van der Waals surface area contributed by atoms with Crippen LogP contribution in [0.25, 0.3) is 0 Å². The van der Waals surface area contributed by atoms with Crippen LogP contribution in [0.4, 0.5) is 5.69 Å². The van der Waals surface area contributed by atoms with Gasteiger partial charge in [0.25, 0.3) is 11.8 Å². The molecule has 0 bridgehead atoms. The first-order chi connectivity index (χ1) is 70.3. The molecule has 8 amide bonds. The van der Waals surface area contributed by atoms with Crippen molar-refractivity contribution in [1.29, 1.82) is 0 Å². The third-order valence-corrected chi connectivity index (χ3v) is 23.7. The number of methoxy groups -OCH3 is 2. The van der Waals surface area contributed by atoms with E-state index in [1.807, 2.05) is 97.6 Å². The molecule has 0 aromatic heterocycles. The summed E-state index contributed by atoms with van der Waals surface area (Å²) in [4.78, 5) is 218. The van der Waals surface area contributed by atoms with Gasteiger partial charge in [0.05, 0.1) is 113 Å². The van der Waals surface area contributed by atoms with Crippen LogP contribution in [0.1, 0.15) is 197 Å². The van der Waals surface area contributed by atoms with Crippen molar-refractivity contribution < 1.29 is 176 Å². The second-order valence-corrected chi connectivity index (χ2v) is 35.5. The van der Waals surface area contributed by atoms with Gasteiger partial charge in [0.1, 0.15) is 42.5 Å². The fraction of sp³-hybridized carbons (Fsp3) is 0.598. The minimum atomic E-state index is -1.45. The molecule has 0 spiro atoms. The van der Waals surface area contributed by atoms with Crippen molar-refractivity contribution >= 4 is 107 Å². The predicted molar refractivity (Wildman–Crippen MR) is 519 cm³/mol. The molecule has 0 saturated carbocycles. The van der Waals surface area contributed by atoms with Crippen molar-refractivity contribution in [3.05, 3.63) is 125 Å². The van der Waals surface area contributed by atoms with Gasteiger partial charge in [0.2, 0.25) is 35.4 Å². The number of rotatable bonds is 65. The first-order valence-corrected chi connectivity index (χ1v) is 48.9. The Labute approximate surface area is 854 Å². The summed E-state index contributed by atoms with van der Waals surface area (Å²) in [5, 5.41) is 18.5. The molecule has 0 unspecified atom stereocenters. The lowest BCUT2D eigenvalue weighted by Gasteiger charge is -2.44. The summed E-state index contributed by atoms with van der Waals surface area (Å²) in [5.74, 6) is -9.31. The number of unbranched alkanes of at least 4 members (excludes halogenated alkanes) is 5. The lowest BCUT2D eigenvalue weighted by molar-refractivity contribution is -0.309. The van der Waals surface area contributed by atoms with E-state index in [-0.39, 0.29) is 185 Å². The van der Waals surface area contributed by atoms with E-state index in [4.69, 9.17) is 94.7 Å². The van der Waals surface area contributed by atoms with Crippen molar-refractivity contribution in [3.8, 4) is 11.5 Å². The molecule has 7 N–H and O–H groups in total. The monoisotopic (exact) mass is 2070 g/mol. The Morgan fingerprint density at radius 3 is 1.22 bits per heavy atom. The number of likely N-dealkylation sites (tertiary alicyclic amines) is 1. The highest BCUT2D eigenvalue weighted by Crippen LogP contribution is 2.51. The van der Waals surface area contributed by atoms with E-state index in [9.17, 15) is 81.5 Å². The van der Waals surface area contributed by atoms with E-state index < -0.39 is 181 Å². The fourth-order valence-electron chi connectivity index (χ4n) is 16.2. The van der Waals surface area contributed by atoms with Crippen molar-refractivity contribution in [3.63, 3.8) is 0 Å². The van der Waals surface area contributed by atoms with Crippen LogP contribution < -0.4 is 46.7 Å². The van der Waals surface area contributed by atoms with Crippen LogP contribution >= 0.6 is 0 Å². The van der Waals surface area contributed by atoms with Gasteiger partial charge in [-0.15, -0.1) is 0 Å². The Kier molecular flexibility index (Phi) is 52.4. The van der Waals surface area contributed by atoms with Crippen molar-refractivity contribution in [2.75, 3.05) is 164 Å². The number of anilines is 1. The molecule has 3 saturated heterocycles. The molecule has 0 radical (unpaired) electrons. The third-order valence-electron chi connectivity index (χ3n) is 23.7. The molecule has 3 fully saturated rings. The Morgan fingerprint density at radius 2 is 0.769 bits per heavy atom. The van der Waals surface area contributed by atoms with Crippen LogP contribution in [-0.2, 0) is 163 Å². The van der Waals surface area contributed by atoms with E-state index in [2.05, 4.69) is 44.1 Å². The Morgan fingerprint density at radius 1 is 0.374 bits per heavy atom. The minimum Gasteiger partial charge on any atom is -0.497 e. The molecule has 812 valence electrons. The van der Waals surface area contributed by atoms with Gasteiger partial charge in [-0.2, -0.15) is 0 Å². The van der Waals surface area contributed by atoms with Gasteiger partial charge in [-0.3, -0.25) is 81.5 Å². The van der Waals surface area contributed by atoms with E-state index >= 15 is 0 Å². The largest absolute Gasteiger partial charge is 0.497 e. The SMILES string of the molecule is CCCNC(=O)CCC(=O)OC[C@]1(C)CN(C(=O)CCCCCCCCC(=O)NCC(=O)NCCCC(=O)NCC(=O)Nc2cc(C(=O)NCCOCCOCCO[C@H]3O[C@H](COC(C)=O)[C@@H](OC(C)=O)[C@H](OC(C)=O)[C@@H]3OC(C)=O)cc(C(=O)NCCOCCOCCO[C@H]3O[C@H](COC(C)=O)[C@@H](OC(C)=O)[C@H](OC(C)=O)[C@@H]3OC(C)=O)c2)C[C@]1(C)COC(c1ccccc1)(c1ccc(OC)cc1)c1ccc(OC)cc1. The average molecular weight is 2070 g/mol. The molecular formula is C102H142N8O37. The van der Waals surface area contributed by atoms with Crippen LogP contribution in [0.15, 0.2) is 97.1 Å². The number of carbonyl (C=O) groups excluding carboxylic acids is 17. The number of hydrogen-bond donors (Lipinski definition) is 7. The quantitative estimate of drug-likeness (QED) is 0.0127. The van der Waals surface area contributed by atoms with E-state index in [0.717, 1.165) is 104 Å². The molecule has 4 aromatic rings. The fourth-order valence-corrected chi connectivity index (χ4v) is 16.2. The van der Waals surface area contributed by atoms with E-state index in [0.29, 0.717) is 37.4 Å². The van der Waals surface area contributed by atoms with Crippen molar-refractivity contribution in [2.24, 2.45) is 10.8 Å². The third kappa shape index (κ3) is 41.7. The zero-order valence-corrected chi connectivity index (χ0v) is 85.8. The molecule has 45 heteroatoms. The molecule has 3 aliphatic rings. The Bertz CT molecular complexity index is 4760. The minimum absolute atomic E-state index is 0.00246. The van der Waals surface area contributed by atoms with Crippen molar-refractivity contribution in [1.82, 2.24) is 36.8 Å². The van der Waals surface area contributed by atoms with E-state index in [1.165, 1.54) is 18.2 Å². The summed E-state index contributed by atoms with van der Waals surface area (Å²) in [6.07, 6.45) is -8.54. The summed E-state index contributed by atoms with van der Waals surface area (Å²) >= 11 is 0. The lowest BCUT2D eigenvalue weighted by Crippen LogP contribution is -2.63. The molecule has 12 atom stereocenters. The Balaban J connectivity index is 0.846. The highest BCUT2D eigenvalue weighted by molar-refractivity contribution is 6.03. The molecule has 3 heterocycles. The summed E-state index contributed by atoms with van der Waals surface area (Å²) in [6, 6.07) is 29.1. The number of esters is 9. The standard InChI is InChI=1S/C102H142N8O37/c1-14-40-103-85(121)38-39-89(125)138-63-100(10)61-110(62-101(100,11)64-139-102(75-25-20-19-21-26-75,76-30-34-79(128-12)35-31-76)77-32-36-80(129-13)37-33-77)88(124)29-23-18-16-15-17-22-27-83(119)107-57-86(122)104-41-24-28-84(120)108-58-87(123)109-78-55-73(96(126)105-42-44-130-46-48-132-50-52-134-98-94(144-71(8)117)92(142-69(6)115)90(140-67(4)113)81(146-98)59-136-65(2)111)54-74(56-78)97(127)106-43-45-131-47-49-133-51-53-135-99-95(145-72(9)118)93(143-70(7)116)91(141-68(5)114)82(147-99)60-137-66(3)112/h19-21,25-26,30-37,54-56,81-82,90-95,98-99H,14-18,22-24,27-29,38-53,57-64H2,1-13H3,(H,103,121)(H,104,122)(H,105,126)(H,106,127)(H,107,119)(H,108,120)(H,109,123)/t81-,82-,90-,91-,92+,93+,94+,95+,98+,99+,100+,101-/m1/s1. The normalized spacial score (nSPS) is 19.9. The highest BCUT2D eigenvalue weighted by atomic mass is 16.8. The maximum Gasteiger partial charge on any atom is 0.306 e. The number of nitrogens with zero attached hydrogens (tertiary/aromatic N) is 1. The zero-order valence-electron chi connectivity index (χ0n) is 85.8. The van der Waals surface area contributed by atoms with Crippen LogP contribution in [-0.4, -0.2) is 326 Å². The van der Waals surface area contributed by atoms with Gasteiger partial charge in [-0.25, -0.2) is 0 Å². The second-order valence-electron chi connectivity index (χ2n) is 35.5. The van der Waals surface area contributed by atoms with Crippen LogP contribution in [0.3, 0.4) is 0 Å². The molecule has 147 heavy (non-hydrogen) atoms. The van der Waals surface area contributed by atoms with Gasteiger partial charge >= 0.3 is 53.7 Å². The number of amides is 8. The lowest BCUT2D eigenvalue weighted by atomic mass is 9.68. The maximum absolute atomic E-state index is 14.3. The number of nitrogens with one attached hydrogen (secondary N) is 7. The second kappa shape index (κ2) is 63.6. The molecule has 7 rings (SSSR count). The number of carbonyl (C=O) groups is 17. The topological polar surface area (TPSA) is 562 Å². The van der Waals surface area contributed by atoms with Gasteiger partial charge in [0.15, 0.2) is 49.2 Å². The van der Waals surface area contributed by atoms with Gasteiger partial charge in [-0.05, 0) is 84.8 Å². The summed E-state index contributed by atoms with van der Waals surface area (Å²) in [5.41, 5.74) is -0.471. The van der Waals surface area contributed by atoms with Gasteiger partial charge < -0.3 is 137 Å². The first-order valence-electron chi connectivity index (χ1n) is 48.9.